The van der Waals surface area contributed by atoms with Gasteiger partial charge in [-0.25, -0.2) is 0 Å². The standard InChI is InChI=1S/C23H48N2O/c1-5-6-7-8-9-10-11-12-14-17-22(2)18-15-13-16-19-23(26)25(4)21-20-24-3/h22,24H,5-21H2,1-4H3. The molecule has 3 nitrogen and oxygen atoms in total. The summed E-state index contributed by atoms with van der Waals surface area (Å²) in [4.78, 5) is 13.8. The molecule has 0 aromatic heterocycles. The molecular weight excluding hydrogens is 320 g/mol. The quantitative estimate of drug-likeness (QED) is 0.276. The van der Waals surface area contributed by atoms with Gasteiger partial charge in [0, 0.05) is 26.6 Å². The lowest BCUT2D eigenvalue weighted by Crippen LogP contribution is -2.32. The molecule has 26 heavy (non-hydrogen) atoms. The number of carbonyl (C=O) groups excluding carboxylic acids is 1. The molecule has 0 aromatic carbocycles. The number of nitrogens with zero attached hydrogens (tertiary/aromatic N) is 1. The molecule has 1 unspecified atom stereocenters. The summed E-state index contributed by atoms with van der Waals surface area (Å²) in [6, 6.07) is 0. The van der Waals surface area contributed by atoms with E-state index in [-0.39, 0.29) is 0 Å². The average molecular weight is 369 g/mol. The average Bonchev–Trinajstić information content (AvgIpc) is 2.64. The minimum atomic E-state index is 0.294. The molecule has 1 amide bonds. The lowest BCUT2D eigenvalue weighted by molar-refractivity contribution is -0.129. The molecule has 0 aliphatic heterocycles. The van der Waals surface area contributed by atoms with Gasteiger partial charge < -0.3 is 10.2 Å². The van der Waals surface area contributed by atoms with Crippen LogP contribution in [0.3, 0.4) is 0 Å². The van der Waals surface area contributed by atoms with Crippen LogP contribution in [0.1, 0.15) is 110 Å². The summed E-state index contributed by atoms with van der Waals surface area (Å²) in [6.07, 6.45) is 19.8. The third-order valence-electron chi connectivity index (χ3n) is 5.51. The summed E-state index contributed by atoms with van der Waals surface area (Å²) in [5.41, 5.74) is 0. The van der Waals surface area contributed by atoms with E-state index in [2.05, 4.69) is 19.2 Å². The van der Waals surface area contributed by atoms with E-state index >= 15 is 0 Å². The van der Waals surface area contributed by atoms with Crippen LogP contribution < -0.4 is 5.32 Å². The third-order valence-corrected chi connectivity index (χ3v) is 5.51. The van der Waals surface area contributed by atoms with Gasteiger partial charge in [-0.15, -0.1) is 0 Å². The van der Waals surface area contributed by atoms with Gasteiger partial charge in [0.15, 0.2) is 0 Å². The molecule has 1 atom stereocenters. The van der Waals surface area contributed by atoms with Gasteiger partial charge in [0.25, 0.3) is 0 Å². The Bertz CT molecular complexity index is 307. The molecule has 156 valence electrons. The maximum Gasteiger partial charge on any atom is 0.222 e. The van der Waals surface area contributed by atoms with Crippen molar-refractivity contribution in [2.24, 2.45) is 5.92 Å². The van der Waals surface area contributed by atoms with Gasteiger partial charge in [0.2, 0.25) is 5.91 Å². The number of nitrogens with one attached hydrogen (secondary N) is 1. The highest BCUT2D eigenvalue weighted by atomic mass is 16.2. The minimum absolute atomic E-state index is 0.294. The highest BCUT2D eigenvalue weighted by molar-refractivity contribution is 5.75. The van der Waals surface area contributed by atoms with E-state index in [0.717, 1.165) is 25.4 Å². The Kier molecular flexibility index (Phi) is 18.8. The Balaban J connectivity index is 3.36. The van der Waals surface area contributed by atoms with E-state index in [1.165, 1.54) is 83.5 Å². The first kappa shape index (κ1) is 25.4. The van der Waals surface area contributed by atoms with Crippen LogP contribution >= 0.6 is 0 Å². The monoisotopic (exact) mass is 368 g/mol. The summed E-state index contributed by atoms with van der Waals surface area (Å²) >= 11 is 0. The maximum absolute atomic E-state index is 11.9. The van der Waals surface area contributed by atoms with Crippen molar-refractivity contribution in [3.63, 3.8) is 0 Å². The number of hydrogen-bond donors (Lipinski definition) is 1. The Morgan fingerprint density at radius 3 is 1.88 bits per heavy atom. The van der Waals surface area contributed by atoms with E-state index in [0.29, 0.717) is 12.3 Å². The van der Waals surface area contributed by atoms with Gasteiger partial charge in [-0.05, 0) is 19.4 Å². The van der Waals surface area contributed by atoms with Crippen LogP contribution in [-0.4, -0.2) is 38.0 Å². The van der Waals surface area contributed by atoms with Gasteiger partial charge in [-0.2, -0.15) is 0 Å². The van der Waals surface area contributed by atoms with Crippen LogP contribution in [0.4, 0.5) is 0 Å². The molecule has 0 radical (unpaired) electrons. The maximum atomic E-state index is 11.9. The number of unbranched alkanes of at least 4 members (excludes halogenated alkanes) is 10. The van der Waals surface area contributed by atoms with Crippen LogP contribution in [0.5, 0.6) is 0 Å². The van der Waals surface area contributed by atoms with Gasteiger partial charge in [-0.3, -0.25) is 4.79 Å². The molecular formula is C23H48N2O. The van der Waals surface area contributed by atoms with E-state index < -0.39 is 0 Å². The SMILES string of the molecule is CCCCCCCCCCCC(C)CCCCCC(=O)N(C)CCNC. The largest absolute Gasteiger partial charge is 0.344 e. The van der Waals surface area contributed by atoms with Crippen molar-refractivity contribution >= 4 is 5.91 Å². The Morgan fingerprint density at radius 2 is 1.35 bits per heavy atom. The fourth-order valence-corrected chi connectivity index (χ4v) is 3.49. The number of rotatable bonds is 19. The topological polar surface area (TPSA) is 32.3 Å². The van der Waals surface area contributed by atoms with Crippen LogP contribution in [-0.2, 0) is 4.79 Å². The molecule has 0 saturated heterocycles. The molecule has 0 bridgehead atoms. The fourth-order valence-electron chi connectivity index (χ4n) is 3.49. The lowest BCUT2D eigenvalue weighted by Gasteiger charge is -2.17. The molecule has 0 spiro atoms. The van der Waals surface area contributed by atoms with Crippen molar-refractivity contribution in [3.05, 3.63) is 0 Å². The molecule has 1 N–H and O–H groups in total. The molecule has 3 heteroatoms. The van der Waals surface area contributed by atoms with E-state index in [9.17, 15) is 4.79 Å². The van der Waals surface area contributed by atoms with Crippen molar-refractivity contribution in [2.45, 2.75) is 110 Å². The van der Waals surface area contributed by atoms with Crippen LogP contribution in [0, 0.1) is 5.92 Å². The van der Waals surface area contributed by atoms with E-state index in [4.69, 9.17) is 0 Å². The first-order chi connectivity index (χ1) is 12.6. The Hall–Kier alpha value is -0.570. The highest BCUT2D eigenvalue weighted by Crippen LogP contribution is 2.18. The number of likely N-dealkylation sites (N-methyl/N-ethyl adjacent to an activating group) is 2. The van der Waals surface area contributed by atoms with Crippen molar-refractivity contribution in [1.82, 2.24) is 10.2 Å². The Labute approximate surface area is 164 Å². The second kappa shape index (κ2) is 19.2. The zero-order valence-electron chi connectivity index (χ0n) is 18.5. The smallest absolute Gasteiger partial charge is 0.222 e. The first-order valence-corrected chi connectivity index (χ1v) is 11.5. The van der Waals surface area contributed by atoms with Crippen LogP contribution in [0.25, 0.3) is 0 Å². The summed E-state index contributed by atoms with van der Waals surface area (Å²) in [7, 11) is 3.83. The molecule has 0 aliphatic carbocycles. The first-order valence-electron chi connectivity index (χ1n) is 11.5. The normalized spacial score (nSPS) is 12.3. The predicted octanol–water partition coefficient (Wildman–Crippen LogP) is 6.17. The fraction of sp³-hybridized carbons (Fsp3) is 0.957. The lowest BCUT2D eigenvalue weighted by atomic mass is 9.96. The zero-order chi connectivity index (χ0) is 19.5. The number of hydrogen-bond acceptors (Lipinski definition) is 2. The molecule has 0 fully saturated rings. The summed E-state index contributed by atoms with van der Waals surface area (Å²) in [5.74, 6) is 1.15. The van der Waals surface area contributed by atoms with Gasteiger partial charge in [0.05, 0.1) is 0 Å². The molecule has 0 aliphatic rings. The molecule has 0 saturated carbocycles. The van der Waals surface area contributed by atoms with Crippen LogP contribution in [0.2, 0.25) is 0 Å². The van der Waals surface area contributed by atoms with Gasteiger partial charge >= 0.3 is 0 Å². The van der Waals surface area contributed by atoms with Gasteiger partial charge in [-0.1, -0.05) is 97.3 Å². The van der Waals surface area contributed by atoms with Crippen molar-refractivity contribution < 1.29 is 4.79 Å². The number of carbonyl (C=O) groups is 1. The molecule has 0 aromatic rings. The Morgan fingerprint density at radius 1 is 0.846 bits per heavy atom. The van der Waals surface area contributed by atoms with Crippen molar-refractivity contribution in [2.75, 3.05) is 27.2 Å². The number of amides is 1. The molecule has 0 heterocycles. The van der Waals surface area contributed by atoms with E-state index in [1.54, 1.807) is 0 Å². The molecule has 0 rings (SSSR count). The van der Waals surface area contributed by atoms with E-state index in [1.807, 2.05) is 19.0 Å². The predicted molar refractivity (Wildman–Crippen MR) is 116 cm³/mol. The summed E-state index contributed by atoms with van der Waals surface area (Å²) < 4.78 is 0. The van der Waals surface area contributed by atoms with Crippen LogP contribution in [0.15, 0.2) is 0 Å². The third kappa shape index (κ3) is 16.9. The van der Waals surface area contributed by atoms with Crippen molar-refractivity contribution in [3.8, 4) is 0 Å². The summed E-state index contributed by atoms with van der Waals surface area (Å²) in [6.45, 7) is 6.37. The zero-order valence-corrected chi connectivity index (χ0v) is 18.5. The second-order valence-electron chi connectivity index (χ2n) is 8.24. The minimum Gasteiger partial charge on any atom is -0.344 e. The second-order valence-corrected chi connectivity index (χ2v) is 8.24. The highest BCUT2D eigenvalue weighted by Gasteiger charge is 2.08. The van der Waals surface area contributed by atoms with Gasteiger partial charge in [0.1, 0.15) is 0 Å². The van der Waals surface area contributed by atoms with Crippen molar-refractivity contribution in [1.29, 1.82) is 0 Å². The summed E-state index contributed by atoms with van der Waals surface area (Å²) in [5, 5.41) is 3.09.